The molecule has 2 heterocycles. The molecule has 0 spiro atoms. The van der Waals surface area contributed by atoms with Gasteiger partial charge in [-0.2, -0.15) is 0 Å². The van der Waals surface area contributed by atoms with Crippen LogP contribution in [0.4, 0.5) is 10.2 Å². The van der Waals surface area contributed by atoms with Crippen molar-refractivity contribution in [3.05, 3.63) is 59.5 Å². The van der Waals surface area contributed by atoms with Crippen LogP contribution in [0.25, 0.3) is 0 Å². The first-order valence-electron chi connectivity index (χ1n) is 8.95. The first-order chi connectivity index (χ1) is 13.4. The highest BCUT2D eigenvalue weighted by Crippen LogP contribution is 2.36. The zero-order chi connectivity index (χ0) is 20.3. The molecule has 8 heteroatoms. The van der Waals surface area contributed by atoms with Gasteiger partial charge < -0.3 is 20.4 Å². The van der Waals surface area contributed by atoms with E-state index in [1.807, 2.05) is 0 Å². The van der Waals surface area contributed by atoms with Crippen molar-refractivity contribution >= 4 is 17.7 Å². The van der Waals surface area contributed by atoms with Crippen molar-refractivity contribution in [2.45, 2.75) is 18.9 Å². The molecule has 2 atom stereocenters. The number of amides is 1. The number of anilines is 1. The molecule has 1 aromatic heterocycles. The molecule has 3 rings (SSSR count). The molecule has 2 aromatic rings. The fourth-order valence-electron chi connectivity index (χ4n) is 3.58. The van der Waals surface area contributed by atoms with Gasteiger partial charge in [0.25, 0.3) is 5.91 Å². The fourth-order valence-corrected chi connectivity index (χ4v) is 3.58. The molecule has 1 aliphatic heterocycles. The van der Waals surface area contributed by atoms with Gasteiger partial charge in [0.2, 0.25) is 0 Å². The molecule has 148 valence electrons. The summed E-state index contributed by atoms with van der Waals surface area (Å²) in [6.45, 7) is 0.425. The van der Waals surface area contributed by atoms with E-state index in [9.17, 15) is 24.2 Å². The number of nitrogens with one attached hydrogen (secondary N) is 1. The van der Waals surface area contributed by atoms with E-state index in [1.54, 1.807) is 17.0 Å². The minimum atomic E-state index is -1.47. The highest BCUT2D eigenvalue weighted by molar-refractivity contribution is 5.94. The van der Waals surface area contributed by atoms with Crippen LogP contribution in [0, 0.1) is 11.2 Å². The summed E-state index contributed by atoms with van der Waals surface area (Å²) in [7, 11) is 1.53. The summed E-state index contributed by atoms with van der Waals surface area (Å²) in [5.41, 5.74) is -0.435. The lowest BCUT2D eigenvalue weighted by Crippen LogP contribution is -2.57. The number of carboxylic acid groups (broad SMARTS) is 1. The summed E-state index contributed by atoms with van der Waals surface area (Å²) in [5, 5.41) is 23.1. The number of hydrogen-bond donors (Lipinski definition) is 3. The number of halogens is 1. The van der Waals surface area contributed by atoms with Gasteiger partial charge in [-0.15, -0.1) is 0 Å². The van der Waals surface area contributed by atoms with E-state index in [1.165, 1.54) is 37.5 Å². The van der Waals surface area contributed by atoms with Gasteiger partial charge in [-0.25, -0.2) is 9.37 Å². The molecule has 0 aliphatic carbocycles. The molecule has 1 aromatic carbocycles. The van der Waals surface area contributed by atoms with Crippen LogP contribution in [0.5, 0.6) is 0 Å². The van der Waals surface area contributed by atoms with E-state index < -0.39 is 23.3 Å². The minimum Gasteiger partial charge on any atom is -0.481 e. The monoisotopic (exact) mass is 387 g/mol. The molecule has 1 aliphatic rings. The number of pyridine rings is 1. The van der Waals surface area contributed by atoms with Crippen LogP contribution in [0.2, 0.25) is 0 Å². The molecule has 0 radical (unpaired) electrons. The topological polar surface area (TPSA) is 103 Å². The summed E-state index contributed by atoms with van der Waals surface area (Å²) in [6.07, 6.45) is 0.718. The molecular formula is C20H22FN3O4. The van der Waals surface area contributed by atoms with Crippen LogP contribution in [0.15, 0.2) is 42.6 Å². The quantitative estimate of drug-likeness (QED) is 0.718. The maximum atomic E-state index is 13.2. The van der Waals surface area contributed by atoms with Crippen molar-refractivity contribution in [1.82, 2.24) is 10.3 Å². The van der Waals surface area contributed by atoms with Crippen molar-refractivity contribution in [2.24, 2.45) is 5.41 Å². The van der Waals surface area contributed by atoms with Crippen LogP contribution in [-0.4, -0.2) is 53.3 Å². The largest absolute Gasteiger partial charge is 0.481 e. The summed E-state index contributed by atoms with van der Waals surface area (Å²) >= 11 is 0. The van der Waals surface area contributed by atoms with E-state index >= 15 is 0 Å². The Morgan fingerprint density at radius 3 is 2.68 bits per heavy atom. The van der Waals surface area contributed by atoms with E-state index in [-0.39, 0.29) is 25.3 Å². The van der Waals surface area contributed by atoms with Crippen molar-refractivity contribution in [2.75, 3.05) is 25.0 Å². The minimum absolute atomic E-state index is 0.0189. The van der Waals surface area contributed by atoms with Crippen LogP contribution in [-0.2, 0) is 11.2 Å². The van der Waals surface area contributed by atoms with Gasteiger partial charge in [0.05, 0.1) is 6.10 Å². The number of aliphatic carboxylic acids is 1. The maximum Gasteiger partial charge on any atom is 0.314 e. The Morgan fingerprint density at radius 1 is 1.32 bits per heavy atom. The number of aliphatic hydroxyl groups is 1. The number of benzene rings is 1. The lowest BCUT2D eigenvalue weighted by atomic mass is 9.73. The number of nitrogens with zero attached hydrogens (tertiary/aromatic N) is 2. The Hall–Kier alpha value is -3.00. The first-order valence-corrected chi connectivity index (χ1v) is 8.95. The average molecular weight is 387 g/mol. The zero-order valence-electron chi connectivity index (χ0n) is 15.4. The van der Waals surface area contributed by atoms with E-state index in [4.69, 9.17) is 0 Å². The van der Waals surface area contributed by atoms with Gasteiger partial charge in [-0.1, -0.05) is 12.1 Å². The van der Waals surface area contributed by atoms with Crippen molar-refractivity contribution in [3.8, 4) is 0 Å². The number of hydrogen-bond acceptors (Lipinski definition) is 5. The molecule has 1 amide bonds. The molecule has 0 bridgehead atoms. The highest BCUT2D eigenvalue weighted by Gasteiger charge is 2.49. The van der Waals surface area contributed by atoms with Gasteiger partial charge in [0, 0.05) is 31.9 Å². The second kappa shape index (κ2) is 7.93. The summed E-state index contributed by atoms with van der Waals surface area (Å²) < 4.78 is 13.2. The molecule has 7 nitrogen and oxygen atoms in total. The molecule has 28 heavy (non-hydrogen) atoms. The van der Waals surface area contributed by atoms with Gasteiger partial charge >= 0.3 is 5.97 Å². The number of carbonyl (C=O) groups is 2. The molecule has 3 N–H and O–H groups in total. The summed E-state index contributed by atoms with van der Waals surface area (Å²) in [5.74, 6) is -1.33. The highest BCUT2D eigenvalue weighted by atomic mass is 19.1. The smallest absolute Gasteiger partial charge is 0.314 e. The summed E-state index contributed by atoms with van der Waals surface area (Å²) in [6, 6.07) is 8.76. The standard InChI is InChI=1S/C20H22FN3O4/c1-22-18(26)14-6-8-23-17(10-14)24-9-7-16(25)20(12-24,19(27)28)11-13-2-4-15(21)5-3-13/h2-6,8,10,16,25H,7,9,11-12H2,1H3,(H,22,26)(H,27,28)/t16-,20-/m1/s1. The Labute approximate surface area is 161 Å². The average Bonchev–Trinajstić information content (AvgIpc) is 2.70. The molecular weight excluding hydrogens is 365 g/mol. The summed E-state index contributed by atoms with van der Waals surface area (Å²) in [4.78, 5) is 30.1. The van der Waals surface area contributed by atoms with E-state index in [2.05, 4.69) is 10.3 Å². The number of piperidine rings is 1. The number of carbonyl (C=O) groups excluding carboxylic acids is 1. The zero-order valence-corrected chi connectivity index (χ0v) is 15.4. The lowest BCUT2D eigenvalue weighted by molar-refractivity contribution is -0.157. The first kappa shape index (κ1) is 19.8. The van der Waals surface area contributed by atoms with E-state index in [0.717, 1.165) is 0 Å². The molecule has 1 saturated heterocycles. The van der Waals surface area contributed by atoms with Crippen molar-refractivity contribution in [1.29, 1.82) is 0 Å². The number of aromatic nitrogens is 1. The number of aliphatic hydroxyl groups excluding tert-OH is 1. The van der Waals surface area contributed by atoms with Crippen molar-refractivity contribution in [3.63, 3.8) is 0 Å². The number of rotatable bonds is 5. The van der Waals surface area contributed by atoms with Gasteiger partial charge in [-0.05, 0) is 42.7 Å². The molecule has 0 unspecified atom stereocenters. The predicted octanol–water partition coefficient (Wildman–Crippen LogP) is 1.46. The fraction of sp³-hybridized carbons (Fsp3) is 0.350. The van der Waals surface area contributed by atoms with Crippen LogP contribution < -0.4 is 10.2 Å². The lowest BCUT2D eigenvalue weighted by Gasteiger charge is -2.44. The second-order valence-electron chi connectivity index (χ2n) is 6.97. The third kappa shape index (κ3) is 3.82. The maximum absolute atomic E-state index is 13.2. The Kier molecular flexibility index (Phi) is 5.60. The van der Waals surface area contributed by atoms with Crippen molar-refractivity contribution < 1.29 is 24.2 Å². The van der Waals surface area contributed by atoms with Gasteiger partial charge in [-0.3, -0.25) is 9.59 Å². The van der Waals surface area contributed by atoms with Gasteiger partial charge in [0.1, 0.15) is 17.1 Å². The normalized spacial score (nSPS) is 22.0. The molecule has 1 fully saturated rings. The van der Waals surface area contributed by atoms with Crippen LogP contribution in [0.3, 0.4) is 0 Å². The third-order valence-corrected chi connectivity index (χ3v) is 5.20. The Bertz CT molecular complexity index is 874. The predicted molar refractivity (Wildman–Crippen MR) is 101 cm³/mol. The van der Waals surface area contributed by atoms with E-state index in [0.29, 0.717) is 23.5 Å². The van der Waals surface area contributed by atoms with Crippen LogP contribution in [0.1, 0.15) is 22.3 Å². The SMILES string of the molecule is CNC(=O)c1ccnc(N2CC[C@@H](O)[C@](Cc3ccc(F)cc3)(C(=O)O)C2)c1. The number of carboxylic acids is 1. The van der Waals surface area contributed by atoms with Gasteiger partial charge in [0.15, 0.2) is 0 Å². The molecule has 0 saturated carbocycles. The van der Waals surface area contributed by atoms with Crippen LogP contribution >= 0.6 is 0 Å². The Balaban J connectivity index is 1.92. The second-order valence-corrected chi connectivity index (χ2v) is 6.97. The third-order valence-electron chi connectivity index (χ3n) is 5.20. The Morgan fingerprint density at radius 2 is 2.04 bits per heavy atom.